The maximum Gasteiger partial charge on any atom is 0.229 e. The van der Waals surface area contributed by atoms with Gasteiger partial charge >= 0.3 is 0 Å². The molecule has 4 aromatic rings. The SMILES string of the molecule is Cc1ccc(NC(=O)[C@H]2CCCN(c3ncnc4c3oc3ccccc34)C2)cc1. The molecule has 6 nitrogen and oxygen atoms in total. The van der Waals surface area contributed by atoms with Gasteiger partial charge in [-0.25, -0.2) is 9.97 Å². The highest BCUT2D eigenvalue weighted by Crippen LogP contribution is 2.33. The molecule has 0 unspecified atom stereocenters. The van der Waals surface area contributed by atoms with Gasteiger partial charge in [-0.3, -0.25) is 4.79 Å². The van der Waals surface area contributed by atoms with Crippen molar-refractivity contribution in [2.45, 2.75) is 19.8 Å². The van der Waals surface area contributed by atoms with E-state index in [1.54, 1.807) is 6.33 Å². The number of piperidine rings is 1. The second-order valence-electron chi connectivity index (χ2n) is 7.61. The summed E-state index contributed by atoms with van der Waals surface area (Å²) < 4.78 is 6.07. The van der Waals surface area contributed by atoms with Crippen molar-refractivity contribution in [3.63, 3.8) is 0 Å². The third kappa shape index (κ3) is 3.31. The Labute approximate surface area is 168 Å². The van der Waals surface area contributed by atoms with E-state index in [1.807, 2.05) is 55.5 Å². The normalized spacial score (nSPS) is 17.0. The van der Waals surface area contributed by atoms with Crippen LogP contribution in [0.4, 0.5) is 11.5 Å². The first-order valence-corrected chi connectivity index (χ1v) is 9.94. The highest BCUT2D eigenvalue weighted by molar-refractivity contribution is 6.05. The molecule has 0 aliphatic carbocycles. The molecule has 3 heterocycles. The minimum Gasteiger partial charge on any atom is -0.450 e. The number of aromatic nitrogens is 2. The third-order valence-electron chi connectivity index (χ3n) is 5.55. The molecule has 1 amide bonds. The minimum absolute atomic E-state index is 0.0495. The van der Waals surface area contributed by atoms with Gasteiger partial charge in [0.2, 0.25) is 5.91 Å². The Balaban J connectivity index is 1.40. The number of carbonyl (C=O) groups is 1. The molecule has 1 aliphatic rings. The third-order valence-corrected chi connectivity index (χ3v) is 5.55. The maximum atomic E-state index is 12.8. The number of benzene rings is 2. The molecular weight excluding hydrogens is 364 g/mol. The number of para-hydroxylation sites is 1. The highest BCUT2D eigenvalue weighted by Gasteiger charge is 2.28. The van der Waals surface area contributed by atoms with Crippen LogP contribution in [0, 0.1) is 12.8 Å². The van der Waals surface area contributed by atoms with Gasteiger partial charge in [0.05, 0.1) is 5.92 Å². The van der Waals surface area contributed by atoms with E-state index in [0.717, 1.165) is 47.4 Å². The lowest BCUT2D eigenvalue weighted by Crippen LogP contribution is -2.41. The molecule has 0 bridgehead atoms. The van der Waals surface area contributed by atoms with Crippen molar-refractivity contribution >= 4 is 39.5 Å². The fourth-order valence-corrected chi connectivity index (χ4v) is 4.00. The van der Waals surface area contributed by atoms with E-state index in [9.17, 15) is 4.79 Å². The van der Waals surface area contributed by atoms with Gasteiger partial charge < -0.3 is 14.6 Å². The monoisotopic (exact) mass is 386 g/mol. The lowest BCUT2D eigenvalue weighted by molar-refractivity contribution is -0.120. The van der Waals surface area contributed by atoms with Crippen LogP contribution in [0.1, 0.15) is 18.4 Å². The fourth-order valence-electron chi connectivity index (χ4n) is 4.00. The number of furan rings is 1. The number of anilines is 2. The Morgan fingerprint density at radius 2 is 1.97 bits per heavy atom. The van der Waals surface area contributed by atoms with Crippen LogP contribution in [0.3, 0.4) is 0 Å². The Hall–Kier alpha value is -3.41. The fraction of sp³-hybridized carbons (Fsp3) is 0.261. The standard InChI is InChI=1S/C23H22N4O2/c1-15-8-10-17(11-9-15)26-23(28)16-5-4-12-27(13-16)22-21-20(24-14-25-22)18-6-2-3-7-19(18)29-21/h2-3,6-11,14,16H,4-5,12-13H2,1H3,(H,26,28)/t16-/m0/s1. The van der Waals surface area contributed by atoms with Gasteiger partial charge in [0.25, 0.3) is 0 Å². The van der Waals surface area contributed by atoms with Crippen molar-refractivity contribution in [3.8, 4) is 0 Å². The molecular formula is C23H22N4O2. The van der Waals surface area contributed by atoms with Crippen LogP contribution in [0.2, 0.25) is 0 Å². The Bertz CT molecular complexity index is 1180. The predicted molar refractivity (Wildman–Crippen MR) is 114 cm³/mol. The van der Waals surface area contributed by atoms with Crippen LogP contribution in [-0.2, 0) is 4.79 Å². The number of hydrogen-bond donors (Lipinski definition) is 1. The Kier molecular flexibility index (Phi) is 4.39. The zero-order valence-corrected chi connectivity index (χ0v) is 16.3. The van der Waals surface area contributed by atoms with E-state index in [0.29, 0.717) is 12.1 Å². The van der Waals surface area contributed by atoms with Gasteiger partial charge in [0.1, 0.15) is 17.4 Å². The molecule has 5 rings (SSSR count). The first kappa shape index (κ1) is 17.7. The summed E-state index contributed by atoms with van der Waals surface area (Å²) in [4.78, 5) is 23.9. The molecule has 29 heavy (non-hydrogen) atoms. The number of amides is 1. The number of nitrogens with zero attached hydrogens (tertiary/aromatic N) is 3. The number of aryl methyl sites for hydroxylation is 1. The van der Waals surface area contributed by atoms with Crippen molar-refractivity contribution in [2.75, 3.05) is 23.3 Å². The second kappa shape index (κ2) is 7.20. The van der Waals surface area contributed by atoms with E-state index < -0.39 is 0 Å². The first-order valence-electron chi connectivity index (χ1n) is 9.94. The lowest BCUT2D eigenvalue weighted by atomic mass is 9.97. The molecule has 1 fully saturated rings. The summed E-state index contributed by atoms with van der Waals surface area (Å²) in [5.74, 6) is 0.715. The number of nitrogens with one attached hydrogen (secondary N) is 1. The predicted octanol–water partition coefficient (Wildman–Crippen LogP) is 4.54. The van der Waals surface area contributed by atoms with Gasteiger partial charge in [0.15, 0.2) is 11.4 Å². The minimum atomic E-state index is -0.0977. The molecule has 2 aromatic heterocycles. The number of carbonyl (C=O) groups excluding carboxylic acids is 1. The second-order valence-corrected chi connectivity index (χ2v) is 7.61. The van der Waals surface area contributed by atoms with Crippen LogP contribution in [0.25, 0.3) is 22.1 Å². The summed E-state index contributed by atoms with van der Waals surface area (Å²) in [7, 11) is 0. The molecule has 0 saturated carbocycles. The van der Waals surface area contributed by atoms with Crippen LogP contribution in [0.5, 0.6) is 0 Å². The highest BCUT2D eigenvalue weighted by atomic mass is 16.3. The van der Waals surface area contributed by atoms with Gasteiger partial charge in [-0.15, -0.1) is 0 Å². The quantitative estimate of drug-likeness (QED) is 0.560. The molecule has 0 spiro atoms. The Morgan fingerprint density at radius 1 is 1.14 bits per heavy atom. The van der Waals surface area contributed by atoms with Crippen molar-refractivity contribution in [2.24, 2.45) is 5.92 Å². The van der Waals surface area contributed by atoms with E-state index >= 15 is 0 Å². The summed E-state index contributed by atoms with van der Waals surface area (Å²) in [5.41, 5.74) is 4.31. The molecule has 146 valence electrons. The van der Waals surface area contributed by atoms with E-state index in [1.165, 1.54) is 5.56 Å². The molecule has 1 N–H and O–H groups in total. The van der Waals surface area contributed by atoms with Crippen LogP contribution in [-0.4, -0.2) is 29.0 Å². The summed E-state index contributed by atoms with van der Waals surface area (Å²) >= 11 is 0. The van der Waals surface area contributed by atoms with Crippen LogP contribution < -0.4 is 10.2 Å². The molecule has 1 aliphatic heterocycles. The smallest absolute Gasteiger partial charge is 0.229 e. The number of fused-ring (bicyclic) bond motifs is 3. The zero-order chi connectivity index (χ0) is 19.8. The van der Waals surface area contributed by atoms with E-state index in [4.69, 9.17) is 4.42 Å². The summed E-state index contributed by atoms with van der Waals surface area (Å²) in [6.07, 6.45) is 3.37. The zero-order valence-electron chi connectivity index (χ0n) is 16.3. The van der Waals surface area contributed by atoms with Gasteiger partial charge in [0, 0.05) is 24.2 Å². The topological polar surface area (TPSA) is 71.3 Å². The first-order chi connectivity index (χ1) is 14.2. The van der Waals surface area contributed by atoms with Crippen LogP contribution >= 0.6 is 0 Å². The van der Waals surface area contributed by atoms with Crippen molar-refractivity contribution in [3.05, 3.63) is 60.4 Å². The number of rotatable bonds is 3. The Morgan fingerprint density at radius 3 is 2.83 bits per heavy atom. The largest absolute Gasteiger partial charge is 0.450 e. The molecule has 1 saturated heterocycles. The molecule has 1 atom stereocenters. The number of hydrogen-bond acceptors (Lipinski definition) is 5. The van der Waals surface area contributed by atoms with Gasteiger partial charge in [-0.05, 0) is 44.0 Å². The summed E-state index contributed by atoms with van der Waals surface area (Å²) in [5, 5.41) is 4.03. The average Bonchev–Trinajstić information content (AvgIpc) is 3.14. The van der Waals surface area contributed by atoms with Gasteiger partial charge in [-0.1, -0.05) is 29.8 Å². The van der Waals surface area contributed by atoms with E-state index in [2.05, 4.69) is 20.2 Å². The maximum absolute atomic E-state index is 12.8. The summed E-state index contributed by atoms with van der Waals surface area (Å²) in [6, 6.07) is 15.8. The summed E-state index contributed by atoms with van der Waals surface area (Å²) in [6.45, 7) is 3.49. The molecule has 0 radical (unpaired) electrons. The van der Waals surface area contributed by atoms with E-state index in [-0.39, 0.29) is 11.8 Å². The average molecular weight is 386 g/mol. The molecule has 6 heteroatoms. The molecule has 2 aromatic carbocycles. The lowest BCUT2D eigenvalue weighted by Gasteiger charge is -2.32. The van der Waals surface area contributed by atoms with Crippen molar-refractivity contribution < 1.29 is 9.21 Å². The van der Waals surface area contributed by atoms with Crippen molar-refractivity contribution in [1.82, 2.24) is 9.97 Å². The van der Waals surface area contributed by atoms with Gasteiger partial charge in [-0.2, -0.15) is 0 Å². The van der Waals surface area contributed by atoms with Crippen molar-refractivity contribution in [1.29, 1.82) is 0 Å². The van der Waals surface area contributed by atoms with Crippen LogP contribution in [0.15, 0.2) is 59.3 Å².